The Morgan fingerprint density at radius 3 is 2.33 bits per heavy atom. The van der Waals surface area contributed by atoms with Crippen molar-refractivity contribution in [1.82, 2.24) is 0 Å². The molecule has 11 heteroatoms. The first-order valence-electron chi connectivity index (χ1n) is 9.70. The Labute approximate surface area is 205 Å². The van der Waals surface area contributed by atoms with E-state index in [1.165, 1.54) is 12.1 Å². The van der Waals surface area contributed by atoms with Gasteiger partial charge in [-0.25, -0.2) is 0 Å². The normalized spacial score (nSPS) is 12.7. The Hall–Kier alpha value is -2.66. The van der Waals surface area contributed by atoms with Gasteiger partial charge in [-0.05, 0) is 36.4 Å². The fourth-order valence-electron chi connectivity index (χ4n) is 2.73. The predicted octanol–water partition coefficient (Wildman–Crippen LogP) is 5.26. The molecular formula is C22H20ClN3O4S3. The lowest BCUT2D eigenvalue weighted by Crippen LogP contribution is -2.30. The van der Waals surface area contributed by atoms with Crippen molar-refractivity contribution in [3.63, 3.8) is 0 Å². The molecule has 2 amide bonds. The van der Waals surface area contributed by atoms with Gasteiger partial charge in [-0.3, -0.25) is 14.5 Å². The fraction of sp³-hybridized carbons (Fsp3) is 0.136. The number of hydrogen-bond donors (Lipinski definition) is 1. The number of anilines is 2. The van der Waals surface area contributed by atoms with E-state index in [-0.39, 0.29) is 27.0 Å². The van der Waals surface area contributed by atoms with Crippen molar-refractivity contribution in [3.8, 4) is 0 Å². The van der Waals surface area contributed by atoms with E-state index in [1.54, 1.807) is 49.4 Å². The second-order valence-corrected chi connectivity index (χ2v) is 11.7. The molecule has 1 N–H and O–H groups in total. The van der Waals surface area contributed by atoms with Crippen LogP contribution < -0.4 is 10.2 Å². The number of halogens is 1. The maximum absolute atomic E-state index is 12.9. The number of nitrogens with one attached hydrogen (secondary N) is 1. The number of carbonyl (C=O) groups is 2. The van der Waals surface area contributed by atoms with Gasteiger partial charge in [0.2, 0.25) is 12.3 Å². The monoisotopic (exact) mass is 521 g/mol. The first-order valence-corrected chi connectivity index (χ1v) is 13.2. The maximum Gasteiger partial charge on any atom is 0.294 e. The Kier molecular flexibility index (Phi) is 8.67. The zero-order chi connectivity index (χ0) is 23.8. The summed E-state index contributed by atoms with van der Waals surface area (Å²) in [5.41, 5.74) is 1.10. The molecule has 1 unspecified atom stereocenters. The summed E-state index contributed by atoms with van der Waals surface area (Å²) in [4.78, 5) is 25.5. The van der Waals surface area contributed by atoms with Crippen LogP contribution in [0.4, 0.5) is 11.4 Å². The van der Waals surface area contributed by atoms with Gasteiger partial charge in [0.05, 0.1) is 10.0 Å². The van der Waals surface area contributed by atoms with Gasteiger partial charge in [0.25, 0.3) is 10.0 Å². The number of thiophene rings is 1. The fourth-order valence-corrected chi connectivity index (χ4v) is 6.39. The van der Waals surface area contributed by atoms with Gasteiger partial charge in [0, 0.05) is 17.4 Å². The minimum absolute atomic E-state index is 0.0426. The Morgan fingerprint density at radius 2 is 1.76 bits per heavy atom. The number of rotatable bonds is 8. The van der Waals surface area contributed by atoms with Crippen LogP contribution in [-0.4, -0.2) is 31.2 Å². The molecule has 0 bridgehead atoms. The molecule has 2 aromatic carbocycles. The zero-order valence-electron chi connectivity index (χ0n) is 17.4. The number of hydrogen-bond acceptors (Lipinski definition) is 6. The molecule has 0 saturated heterocycles. The van der Waals surface area contributed by atoms with Crippen molar-refractivity contribution in [2.45, 2.75) is 22.8 Å². The van der Waals surface area contributed by atoms with Crippen molar-refractivity contribution in [2.24, 2.45) is 4.40 Å². The maximum atomic E-state index is 12.9. The van der Waals surface area contributed by atoms with Crippen molar-refractivity contribution < 1.29 is 18.0 Å². The highest BCUT2D eigenvalue weighted by molar-refractivity contribution is 8.15. The van der Waals surface area contributed by atoms with Crippen molar-refractivity contribution in [2.75, 3.05) is 10.2 Å². The van der Waals surface area contributed by atoms with Crippen LogP contribution in [0.25, 0.3) is 0 Å². The van der Waals surface area contributed by atoms with Gasteiger partial charge in [0.1, 0.15) is 4.21 Å². The molecule has 7 nitrogen and oxygen atoms in total. The van der Waals surface area contributed by atoms with E-state index in [2.05, 4.69) is 9.71 Å². The second-order valence-electron chi connectivity index (χ2n) is 6.77. The molecule has 33 heavy (non-hydrogen) atoms. The molecule has 0 radical (unpaired) electrons. The molecule has 0 aliphatic rings. The predicted molar refractivity (Wildman–Crippen MR) is 136 cm³/mol. The van der Waals surface area contributed by atoms with Crippen LogP contribution in [0.2, 0.25) is 4.34 Å². The summed E-state index contributed by atoms with van der Waals surface area (Å²) in [5, 5.41) is 2.33. The number of sulfonamides is 1. The van der Waals surface area contributed by atoms with Crippen LogP contribution in [0, 0.1) is 0 Å². The number of amides is 2. The Morgan fingerprint density at radius 1 is 1.12 bits per heavy atom. The standard InChI is InChI=1S/C22H20ClN3O4S3/c1-16(14-20(28)24-17-8-4-2-5-9-17)31-22(26(15-27)18-10-6-3-7-11-18)25-33(29,30)21-13-12-19(23)32-21/h2-13,15-16H,14H2,1H3,(H,24,28)/b25-22+. The van der Waals surface area contributed by atoms with E-state index in [0.717, 1.165) is 28.0 Å². The summed E-state index contributed by atoms with van der Waals surface area (Å²) in [6, 6.07) is 20.4. The molecule has 1 heterocycles. The molecule has 1 atom stereocenters. The summed E-state index contributed by atoms with van der Waals surface area (Å²) < 4.78 is 30.0. The third kappa shape index (κ3) is 7.16. The van der Waals surface area contributed by atoms with Gasteiger partial charge in [-0.1, -0.05) is 66.7 Å². The van der Waals surface area contributed by atoms with E-state index < -0.39 is 10.0 Å². The molecule has 1 aromatic heterocycles. The Balaban J connectivity index is 1.86. The second kappa shape index (κ2) is 11.5. The van der Waals surface area contributed by atoms with Gasteiger partial charge >= 0.3 is 0 Å². The number of benzene rings is 2. The number of para-hydroxylation sites is 2. The lowest BCUT2D eigenvalue weighted by Gasteiger charge is -2.21. The van der Waals surface area contributed by atoms with Crippen LogP contribution in [0.1, 0.15) is 13.3 Å². The minimum atomic E-state index is -4.12. The van der Waals surface area contributed by atoms with Gasteiger partial charge < -0.3 is 5.32 Å². The zero-order valence-corrected chi connectivity index (χ0v) is 20.6. The first kappa shape index (κ1) is 25.0. The van der Waals surface area contributed by atoms with Gasteiger partial charge in [-0.2, -0.15) is 8.42 Å². The number of carbonyl (C=O) groups excluding carboxylic acids is 2. The van der Waals surface area contributed by atoms with Crippen LogP contribution in [0.5, 0.6) is 0 Å². The third-order valence-corrected chi connectivity index (χ3v) is 8.33. The number of nitrogens with zero attached hydrogens (tertiary/aromatic N) is 2. The highest BCUT2D eigenvalue weighted by Gasteiger charge is 2.24. The van der Waals surface area contributed by atoms with Crippen LogP contribution in [0.15, 0.2) is 81.4 Å². The van der Waals surface area contributed by atoms with Crippen LogP contribution in [-0.2, 0) is 19.6 Å². The molecule has 0 spiro atoms. The summed E-state index contributed by atoms with van der Waals surface area (Å²) in [7, 11) is -4.12. The average Bonchev–Trinajstić information content (AvgIpc) is 3.22. The molecule has 0 saturated carbocycles. The van der Waals surface area contributed by atoms with Gasteiger partial charge in [-0.15, -0.1) is 15.7 Å². The summed E-state index contributed by atoms with van der Waals surface area (Å²) in [6.45, 7) is 1.76. The molecule has 3 rings (SSSR count). The highest BCUT2D eigenvalue weighted by atomic mass is 35.5. The molecule has 3 aromatic rings. The molecule has 0 fully saturated rings. The van der Waals surface area contributed by atoms with Crippen molar-refractivity contribution in [3.05, 3.63) is 77.1 Å². The van der Waals surface area contributed by atoms with E-state index >= 15 is 0 Å². The molecule has 172 valence electrons. The highest BCUT2D eigenvalue weighted by Crippen LogP contribution is 2.30. The lowest BCUT2D eigenvalue weighted by molar-refractivity contribution is -0.116. The van der Waals surface area contributed by atoms with Crippen LogP contribution >= 0.6 is 34.7 Å². The van der Waals surface area contributed by atoms with Crippen molar-refractivity contribution in [1.29, 1.82) is 0 Å². The SMILES string of the molecule is CC(CC(=O)Nc1ccccc1)S/C(=N/S(=O)(=O)c1ccc(Cl)s1)N(C=O)c1ccccc1. The number of thioether (sulfide) groups is 1. The summed E-state index contributed by atoms with van der Waals surface area (Å²) in [6.07, 6.45) is 0.569. The van der Waals surface area contributed by atoms with E-state index in [4.69, 9.17) is 11.6 Å². The van der Waals surface area contributed by atoms with Crippen molar-refractivity contribution >= 4 is 73.6 Å². The summed E-state index contributed by atoms with van der Waals surface area (Å²) in [5.74, 6) is -0.245. The molecular weight excluding hydrogens is 502 g/mol. The average molecular weight is 522 g/mol. The van der Waals surface area contributed by atoms with E-state index in [0.29, 0.717) is 22.1 Å². The minimum Gasteiger partial charge on any atom is -0.326 e. The third-order valence-electron chi connectivity index (χ3n) is 4.18. The first-order chi connectivity index (χ1) is 15.8. The largest absolute Gasteiger partial charge is 0.326 e. The van der Waals surface area contributed by atoms with Crippen LogP contribution in [0.3, 0.4) is 0 Å². The van der Waals surface area contributed by atoms with E-state index in [1.807, 2.05) is 18.2 Å². The lowest BCUT2D eigenvalue weighted by atomic mass is 10.3. The molecule has 0 aliphatic carbocycles. The van der Waals surface area contributed by atoms with Gasteiger partial charge in [0.15, 0.2) is 5.17 Å². The summed E-state index contributed by atoms with van der Waals surface area (Å²) >= 11 is 7.77. The molecule has 0 aliphatic heterocycles. The smallest absolute Gasteiger partial charge is 0.294 e. The van der Waals surface area contributed by atoms with E-state index in [9.17, 15) is 18.0 Å². The Bertz CT molecular complexity index is 1230. The quantitative estimate of drug-likeness (QED) is 0.248. The number of amidine groups is 1. The topological polar surface area (TPSA) is 95.9 Å².